The Morgan fingerprint density at radius 2 is 1.50 bits per heavy atom. The fraction of sp³-hybridized carbons (Fsp3) is 0.667. The average Bonchev–Trinajstić information content (AvgIpc) is 1.92. The predicted octanol–water partition coefficient (Wildman–Crippen LogP) is 1.06. The Balaban J connectivity index is 4.31. The molecule has 0 aliphatic carbocycles. The van der Waals surface area contributed by atoms with Gasteiger partial charge in [0, 0.05) is 21.3 Å². The van der Waals surface area contributed by atoms with Gasteiger partial charge in [0.15, 0.2) is 5.83 Å². The van der Waals surface area contributed by atoms with Crippen LogP contribution in [0, 0.1) is 0 Å². The zero-order valence-corrected chi connectivity index (χ0v) is 6.31. The first-order chi connectivity index (χ1) is 4.63. The minimum absolute atomic E-state index is 0.819. The Bertz CT molecular complexity index is 112. The van der Waals surface area contributed by atoms with Gasteiger partial charge in [-0.25, -0.2) is 4.39 Å². The van der Waals surface area contributed by atoms with Crippen molar-refractivity contribution in [3.8, 4) is 0 Å². The third-order valence-electron chi connectivity index (χ3n) is 1.14. The Kier molecular flexibility index (Phi) is 3.49. The molecule has 0 bridgehead atoms. The molecule has 60 valence electrons. The van der Waals surface area contributed by atoms with Gasteiger partial charge in [-0.05, 0) is 0 Å². The molecule has 0 aromatic carbocycles. The molecule has 0 N–H and O–H groups in total. The molecule has 0 saturated heterocycles. The molecule has 0 aliphatic rings. The van der Waals surface area contributed by atoms with Crippen molar-refractivity contribution >= 4 is 0 Å². The van der Waals surface area contributed by atoms with Gasteiger partial charge < -0.3 is 14.2 Å². The van der Waals surface area contributed by atoms with Crippen molar-refractivity contribution in [2.45, 2.75) is 5.97 Å². The van der Waals surface area contributed by atoms with Gasteiger partial charge >= 0.3 is 5.97 Å². The molecule has 0 saturated carbocycles. The maximum Gasteiger partial charge on any atom is 0.338 e. The molecular formula is C6H11FO3. The Hall–Kier alpha value is -0.450. The quantitative estimate of drug-likeness (QED) is 0.561. The highest BCUT2D eigenvalue weighted by atomic mass is 19.1. The standard InChI is InChI=1S/C6H11FO3/c1-5(7)6(8-2,9-3)10-4/h1H2,2-4H3. The molecule has 0 rings (SSSR count). The SMILES string of the molecule is C=C(F)C(OC)(OC)OC. The average molecular weight is 150 g/mol. The molecular weight excluding hydrogens is 139 g/mol. The minimum atomic E-state index is -1.74. The van der Waals surface area contributed by atoms with E-state index in [-0.39, 0.29) is 0 Å². The monoisotopic (exact) mass is 150 g/mol. The van der Waals surface area contributed by atoms with Crippen LogP contribution in [-0.2, 0) is 14.2 Å². The van der Waals surface area contributed by atoms with E-state index in [0.29, 0.717) is 0 Å². The summed E-state index contributed by atoms with van der Waals surface area (Å²) in [6.07, 6.45) is 0. The molecule has 0 aromatic heterocycles. The highest BCUT2D eigenvalue weighted by molar-refractivity contribution is 4.91. The van der Waals surface area contributed by atoms with Crippen LogP contribution in [0.5, 0.6) is 0 Å². The molecule has 0 atom stereocenters. The van der Waals surface area contributed by atoms with Gasteiger partial charge in [-0.15, -0.1) is 0 Å². The highest BCUT2D eigenvalue weighted by Gasteiger charge is 2.34. The van der Waals surface area contributed by atoms with E-state index in [4.69, 9.17) is 0 Å². The summed E-state index contributed by atoms with van der Waals surface area (Å²) in [6.45, 7) is 3.00. The Morgan fingerprint density at radius 3 is 1.50 bits per heavy atom. The number of methoxy groups -OCH3 is 3. The fourth-order valence-electron chi connectivity index (χ4n) is 0.582. The van der Waals surface area contributed by atoms with Crippen LogP contribution in [0.25, 0.3) is 0 Å². The summed E-state index contributed by atoms with van der Waals surface area (Å²) in [6, 6.07) is 0. The zero-order valence-electron chi connectivity index (χ0n) is 6.31. The second kappa shape index (κ2) is 3.65. The summed E-state index contributed by atoms with van der Waals surface area (Å²) in [4.78, 5) is 0. The summed E-state index contributed by atoms with van der Waals surface area (Å²) in [5.74, 6) is -2.56. The molecule has 0 aliphatic heterocycles. The zero-order chi connectivity index (χ0) is 8.20. The smallest absolute Gasteiger partial charge is 0.325 e. The van der Waals surface area contributed by atoms with Crippen molar-refractivity contribution < 1.29 is 18.6 Å². The van der Waals surface area contributed by atoms with Gasteiger partial charge in [0.25, 0.3) is 0 Å². The molecule has 0 spiro atoms. The molecule has 0 heterocycles. The molecule has 0 radical (unpaired) electrons. The van der Waals surface area contributed by atoms with Crippen LogP contribution >= 0.6 is 0 Å². The number of hydrogen-bond donors (Lipinski definition) is 0. The first-order valence-electron chi connectivity index (χ1n) is 2.63. The lowest BCUT2D eigenvalue weighted by atomic mass is 10.5. The van der Waals surface area contributed by atoms with Crippen LogP contribution in [0.4, 0.5) is 4.39 Å². The first-order valence-corrected chi connectivity index (χ1v) is 2.63. The van der Waals surface area contributed by atoms with Gasteiger partial charge in [0.1, 0.15) is 0 Å². The van der Waals surface area contributed by atoms with Gasteiger partial charge in [-0.1, -0.05) is 6.58 Å². The summed E-state index contributed by atoms with van der Waals surface area (Å²) >= 11 is 0. The largest absolute Gasteiger partial charge is 0.338 e. The van der Waals surface area contributed by atoms with Crippen molar-refractivity contribution in [2.24, 2.45) is 0 Å². The van der Waals surface area contributed by atoms with E-state index in [9.17, 15) is 4.39 Å². The second-order valence-corrected chi connectivity index (χ2v) is 1.57. The number of ether oxygens (including phenoxy) is 3. The van der Waals surface area contributed by atoms with Crippen LogP contribution in [0.3, 0.4) is 0 Å². The fourth-order valence-corrected chi connectivity index (χ4v) is 0.582. The Morgan fingerprint density at radius 1 is 1.20 bits per heavy atom. The van der Waals surface area contributed by atoms with Crippen LogP contribution < -0.4 is 0 Å². The Labute approximate surface area is 59.4 Å². The van der Waals surface area contributed by atoms with E-state index in [1.807, 2.05) is 0 Å². The van der Waals surface area contributed by atoms with Gasteiger partial charge in [0.2, 0.25) is 0 Å². The highest BCUT2D eigenvalue weighted by Crippen LogP contribution is 2.21. The van der Waals surface area contributed by atoms with Gasteiger partial charge in [0.05, 0.1) is 0 Å². The molecule has 0 unspecified atom stereocenters. The molecule has 4 heteroatoms. The van der Waals surface area contributed by atoms with Gasteiger partial charge in [-0.2, -0.15) is 0 Å². The van der Waals surface area contributed by atoms with E-state index in [2.05, 4.69) is 20.8 Å². The number of rotatable bonds is 4. The van der Waals surface area contributed by atoms with Crippen molar-refractivity contribution in [2.75, 3.05) is 21.3 Å². The normalized spacial score (nSPS) is 11.6. The topological polar surface area (TPSA) is 27.7 Å². The van der Waals surface area contributed by atoms with E-state index in [0.717, 1.165) is 0 Å². The van der Waals surface area contributed by atoms with E-state index < -0.39 is 11.8 Å². The van der Waals surface area contributed by atoms with Crippen molar-refractivity contribution in [3.05, 3.63) is 12.4 Å². The van der Waals surface area contributed by atoms with E-state index in [1.54, 1.807) is 0 Å². The van der Waals surface area contributed by atoms with E-state index >= 15 is 0 Å². The molecule has 3 nitrogen and oxygen atoms in total. The van der Waals surface area contributed by atoms with E-state index in [1.165, 1.54) is 21.3 Å². The molecule has 0 aromatic rings. The second-order valence-electron chi connectivity index (χ2n) is 1.57. The lowest BCUT2D eigenvalue weighted by molar-refractivity contribution is -0.334. The summed E-state index contributed by atoms with van der Waals surface area (Å²) < 4.78 is 26.2. The summed E-state index contributed by atoms with van der Waals surface area (Å²) in [5.41, 5.74) is 0. The van der Waals surface area contributed by atoms with Crippen molar-refractivity contribution in [1.82, 2.24) is 0 Å². The van der Waals surface area contributed by atoms with Crippen LogP contribution in [-0.4, -0.2) is 27.3 Å². The van der Waals surface area contributed by atoms with Crippen LogP contribution in [0.1, 0.15) is 0 Å². The van der Waals surface area contributed by atoms with Gasteiger partial charge in [-0.3, -0.25) is 0 Å². The third kappa shape index (κ3) is 1.53. The van der Waals surface area contributed by atoms with Crippen LogP contribution in [0.15, 0.2) is 12.4 Å². The maximum absolute atomic E-state index is 12.5. The lowest BCUT2D eigenvalue weighted by Crippen LogP contribution is -2.36. The molecule has 0 fully saturated rings. The minimum Gasteiger partial charge on any atom is -0.325 e. The maximum atomic E-state index is 12.5. The van der Waals surface area contributed by atoms with Crippen LogP contribution in [0.2, 0.25) is 0 Å². The summed E-state index contributed by atoms with van der Waals surface area (Å²) in [7, 11) is 3.78. The number of hydrogen-bond acceptors (Lipinski definition) is 3. The first kappa shape index (κ1) is 9.55. The molecule has 0 amide bonds. The van der Waals surface area contributed by atoms with Crippen molar-refractivity contribution in [3.63, 3.8) is 0 Å². The predicted molar refractivity (Wildman–Crippen MR) is 34.0 cm³/mol. The lowest BCUT2D eigenvalue weighted by Gasteiger charge is -2.25. The number of halogens is 1. The van der Waals surface area contributed by atoms with Crippen molar-refractivity contribution in [1.29, 1.82) is 0 Å². The summed E-state index contributed by atoms with van der Waals surface area (Å²) in [5, 5.41) is 0. The molecule has 10 heavy (non-hydrogen) atoms. The third-order valence-corrected chi connectivity index (χ3v) is 1.14.